The van der Waals surface area contributed by atoms with Crippen molar-refractivity contribution >= 4 is 11.6 Å². The number of nitrogens with zero attached hydrogens (tertiary/aromatic N) is 1. The van der Waals surface area contributed by atoms with Gasteiger partial charge >= 0.3 is 0 Å². The first-order chi connectivity index (χ1) is 6.76. The van der Waals surface area contributed by atoms with Gasteiger partial charge in [0, 0.05) is 11.3 Å². The molecule has 2 atom stereocenters. The Morgan fingerprint density at radius 2 is 2.29 bits per heavy atom. The first kappa shape index (κ1) is 9.36. The van der Waals surface area contributed by atoms with Crippen molar-refractivity contribution in [1.82, 2.24) is 0 Å². The second kappa shape index (κ2) is 3.51. The Morgan fingerprint density at radius 1 is 1.57 bits per heavy atom. The highest BCUT2D eigenvalue weighted by Gasteiger charge is 2.36. The van der Waals surface area contributed by atoms with Crippen LogP contribution in [0.5, 0.6) is 5.75 Å². The van der Waals surface area contributed by atoms with Crippen LogP contribution >= 0.6 is 11.6 Å². The van der Waals surface area contributed by atoms with Gasteiger partial charge in [-0.2, -0.15) is 5.26 Å². The Bertz CT molecular complexity index is 397. The van der Waals surface area contributed by atoms with Gasteiger partial charge in [-0.15, -0.1) is 11.6 Å². The van der Waals surface area contributed by atoms with Crippen molar-refractivity contribution in [3.63, 3.8) is 0 Å². The highest BCUT2D eigenvalue weighted by atomic mass is 35.5. The normalized spacial score (nSPS) is 24.1. The standard InChI is InChI=1S/C11H10ClNO/c1-14-11-4-7(9-5-10(9)12)2-3-8(11)6-13/h2-4,9-10H,5H2,1H3. The summed E-state index contributed by atoms with van der Waals surface area (Å²) in [5, 5.41) is 9.05. The molecule has 0 bridgehead atoms. The van der Waals surface area contributed by atoms with Crippen molar-refractivity contribution in [2.75, 3.05) is 7.11 Å². The summed E-state index contributed by atoms with van der Waals surface area (Å²) in [5.41, 5.74) is 1.74. The fraction of sp³-hybridized carbons (Fsp3) is 0.364. The van der Waals surface area contributed by atoms with Gasteiger partial charge in [-0.1, -0.05) is 6.07 Å². The van der Waals surface area contributed by atoms with E-state index in [2.05, 4.69) is 6.07 Å². The van der Waals surface area contributed by atoms with E-state index in [9.17, 15) is 0 Å². The predicted octanol–water partition coefficient (Wildman–Crippen LogP) is 2.66. The largest absolute Gasteiger partial charge is 0.495 e. The zero-order valence-corrected chi connectivity index (χ0v) is 8.58. The third kappa shape index (κ3) is 1.56. The lowest BCUT2D eigenvalue weighted by Crippen LogP contribution is -1.90. The van der Waals surface area contributed by atoms with Gasteiger partial charge in [0.15, 0.2) is 0 Å². The molecule has 0 radical (unpaired) electrons. The number of hydrogen-bond acceptors (Lipinski definition) is 2. The van der Waals surface area contributed by atoms with Gasteiger partial charge in [-0.25, -0.2) is 0 Å². The molecule has 1 aliphatic carbocycles. The van der Waals surface area contributed by atoms with Crippen molar-refractivity contribution in [1.29, 1.82) is 5.26 Å². The van der Waals surface area contributed by atoms with Crippen LogP contribution in [0.4, 0.5) is 0 Å². The van der Waals surface area contributed by atoms with Crippen LogP contribution in [0.2, 0.25) is 0 Å². The van der Waals surface area contributed by atoms with Crippen molar-refractivity contribution in [2.24, 2.45) is 0 Å². The fourth-order valence-electron chi connectivity index (χ4n) is 1.54. The topological polar surface area (TPSA) is 33.0 Å². The van der Waals surface area contributed by atoms with Gasteiger partial charge in [-0.05, 0) is 24.1 Å². The van der Waals surface area contributed by atoms with Crippen molar-refractivity contribution < 1.29 is 4.74 Å². The van der Waals surface area contributed by atoms with Gasteiger partial charge < -0.3 is 4.74 Å². The zero-order chi connectivity index (χ0) is 10.1. The van der Waals surface area contributed by atoms with E-state index < -0.39 is 0 Å². The van der Waals surface area contributed by atoms with Gasteiger partial charge in [0.05, 0.1) is 12.7 Å². The Kier molecular flexibility index (Phi) is 2.35. The summed E-state index contributed by atoms with van der Waals surface area (Å²) < 4.78 is 5.12. The number of rotatable bonds is 2. The third-order valence-corrected chi connectivity index (χ3v) is 2.97. The van der Waals surface area contributed by atoms with Gasteiger partial charge in [0.1, 0.15) is 11.8 Å². The number of halogens is 1. The van der Waals surface area contributed by atoms with Crippen molar-refractivity contribution in [2.45, 2.75) is 17.7 Å². The molecule has 0 saturated heterocycles. The molecule has 2 nitrogen and oxygen atoms in total. The molecule has 0 aliphatic heterocycles. The second-order valence-corrected chi connectivity index (χ2v) is 3.99. The molecular formula is C11H10ClNO. The van der Waals surface area contributed by atoms with Crippen LogP contribution in [0.3, 0.4) is 0 Å². The summed E-state index contributed by atoms with van der Waals surface area (Å²) in [6, 6.07) is 7.73. The summed E-state index contributed by atoms with van der Waals surface area (Å²) in [7, 11) is 1.57. The van der Waals surface area contributed by atoms with Crippen LogP contribution in [-0.4, -0.2) is 12.5 Å². The molecule has 14 heavy (non-hydrogen) atoms. The molecule has 3 heteroatoms. The third-order valence-electron chi connectivity index (χ3n) is 2.49. The summed E-state index contributed by atoms with van der Waals surface area (Å²) in [5.74, 6) is 1.08. The monoisotopic (exact) mass is 207 g/mol. The van der Waals surface area contributed by atoms with Crippen LogP contribution in [-0.2, 0) is 0 Å². The minimum atomic E-state index is 0.257. The molecule has 0 amide bonds. The molecule has 1 aromatic rings. The molecule has 0 spiro atoms. The Hall–Kier alpha value is -1.20. The van der Waals surface area contributed by atoms with Crippen molar-refractivity contribution in [3.8, 4) is 11.8 Å². The predicted molar refractivity (Wildman–Crippen MR) is 54.7 cm³/mol. The Morgan fingerprint density at radius 3 is 2.79 bits per heavy atom. The van der Waals surface area contributed by atoms with Gasteiger partial charge in [-0.3, -0.25) is 0 Å². The maximum atomic E-state index is 8.79. The summed E-state index contributed by atoms with van der Waals surface area (Å²) in [6.45, 7) is 0. The summed E-state index contributed by atoms with van der Waals surface area (Å²) in [6.07, 6.45) is 1.02. The molecule has 1 aliphatic rings. The highest BCUT2D eigenvalue weighted by molar-refractivity contribution is 6.23. The Labute approximate surface area is 88.1 Å². The molecular weight excluding hydrogens is 198 g/mol. The van der Waals surface area contributed by atoms with Crippen LogP contribution in [0.15, 0.2) is 18.2 Å². The smallest absolute Gasteiger partial charge is 0.136 e. The van der Waals surface area contributed by atoms with E-state index in [4.69, 9.17) is 21.6 Å². The average molecular weight is 208 g/mol. The molecule has 2 rings (SSSR count). The zero-order valence-electron chi connectivity index (χ0n) is 7.83. The van der Waals surface area contributed by atoms with Gasteiger partial charge in [0.25, 0.3) is 0 Å². The summed E-state index contributed by atoms with van der Waals surface area (Å²) in [4.78, 5) is 0. The van der Waals surface area contributed by atoms with E-state index in [1.165, 1.54) is 5.56 Å². The van der Waals surface area contributed by atoms with Crippen LogP contribution in [0.1, 0.15) is 23.5 Å². The number of benzene rings is 1. The van der Waals surface area contributed by atoms with Crippen LogP contribution in [0, 0.1) is 11.3 Å². The first-order valence-electron chi connectivity index (χ1n) is 4.48. The van der Waals surface area contributed by atoms with E-state index in [1.54, 1.807) is 13.2 Å². The highest BCUT2D eigenvalue weighted by Crippen LogP contribution is 2.46. The minimum absolute atomic E-state index is 0.257. The fourth-order valence-corrected chi connectivity index (χ4v) is 1.88. The quantitative estimate of drug-likeness (QED) is 0.699. The van der Waals surface area contributed by atoms with Crippen molar-refractivity contribution in [3.05, 3.63) is 29.3 Å². The minimum Gasteiger partial charge on any atom is -0.495 e. The molecule has 1 aromatic carbocycles. The van der Waals surface area contributed by atoms with E-state index in [0.717, 1.165) is 6.42 Å². The molecule has 0 heterocycles. The SMILES string of the molecule is COc1cc(C2CC2Cl)ccc1C#N. The number of ether oxygens (including phenoxy) is 1. The molecule has 0 N–H and O–H groups in total. The van der Waals surface area contributed by atoms with E-state index in [0.29, 0.717) is 17.2 Å². The molecule has 1 fully saturated rings. The number of alkyl halides is 1. The lowest BCUT2D eigenvalue weighted by atomic mass is 10.1. The van der Waals surface area contributed by atoms with E-state index >= 15 is 0 Å². The molecule has 2 unspecified atom stereocenters. The lowest BCUT2D eigenvalue weighted by Gasteiger charge is -2.04. The van der Waals surface area contributed by atoms with Crippen LogP contribution < -0.4 is 4.74 Å². The maximum Gasteiger partial charge on any atom is 0.136 e. The van der Waals surface area contributed by atoms with Crippen LogP contribution in [0.25, 0.3) is 0 Å². The van der Waals surface area contributed by atoms with E-state index in [-0.39, 0.29) is 5.38 Å². The number of methoxy groups -OCH3 is 1. The molecule has 1 saturated carbocycles. The molecule has 0 aromatic heterocycles. The molecule has 72 valence electrons. The second-order valence-electron chi connectivity index (χ2n) is 3.43. The summed E-state index contributed by atoms with van der Waals surface area (Å²) >= 11 is 5.95. The average Bonchev–Trinajstić information content (AvgIpc) is 2.94. The lowest BCUT2D eigenvalue weighted by molar-refractivity contribution is 0.413. The van der Waals surface area contributed by atoms with E-state index in [1.807, 2.05) is 12.1 Å². The Balaban J connectivity index is 2.33. The number of hydrogen-bond donors (Lipinski definition) is 0. The first-order valence-corrected chi connectivity index (χ1v) is 4.92. The number of nitriles is 1. The van der Waals surface area contributed by atoms with Gasteiger partial charge in [0.2, 0.25) is 0 Å². The maximum absolute atomic E-state index is 8.79.